The Hall–Kier alpha value is -1.42. The molecule has 0 bridgehead atoms. The first-order chi connectivity index (χ1) is 6.56. The van der Waals surface area contributed by atoms with Gasteiger partial charge in [0.25, 0.3) is 0 Å². The Bertz CT molecular complexity index is 381. The smallest absolute Gasteiger partial charge is 0.335 e. The van der Waals surface area contributed by atoms with E-state index in [4.69, 9.17) is 15.5 Å². The van der Waals surface area contributed by atoms with Crippen molar-refractivity contribution in [1.82, 2.24) is 0 Å². The van der Waals surface area contributed by atoms with Crippen LogP contribution in [0.1, 0.15) is 16.5 Å². The summed E-state index contributed by atoms with van der Waals surface area (Å²) >= 11 is 1.08. The Morgan fingerprint density at radius 2 is 2.21 bits per heavy atom. The first-order valence-electron chi connectivity index (χ1n) is 3.63. The van der Waals surface area contributed by atoms with Crippen LogP contribution < -0.4 is 0 Å². The molecule has 2 unspecified atom stereocenters. The van der Waals surface area contributed by atoms with Crippen LogP contribution in [0, 0.1) is 11.3 Å². The zero-order valence-electron chi connectivity index (χ0n) is 6.91. The molecule has 5 nitrogen and oxygen atoms in total. The predicted octanol–water partition coefficient (Wildman–Crippen LogP) is 0.0987. The molecule has 0 fully saturated rings. The number of rotatable bonds is 3. The van der Waals surface area contributed by atoms with Crippen molar-refractivity contribution in [2.75, 3.05) is 0 Å². The minimum absolute atomic E-state index is 0.237. The van der Waals surface area contributed by atoms with Gasteiger partial charge >= 0.3 is 5.97 Å². The number of aliphatic hydroxyl groups excluding tert-OH is 2. The van der Waals surface area contributed by atoms with E-state index in [2.05, 4.69) is 0 Å². The van der Waals surface area contributed by atoms with E-state index in [0.29, 0.717) is 4.88 Å². The van der Waals surface area contributed by atoms with Crippen LogP contribution in [0.2, 0.25) is 0 Å². The summed E-state index contributed by atoms with van der Waals surface area (Å²) in [5.74, 6) is -1.50. The number of thiophene rings is 1. The molecule has 1 rings (SSSR count). The molecule has 0 saturated heterocycles. The number of hydrogen-bond acceptors (Lipinski definition) is 5. The van der Waals surface area contributed by atoms with Crippen LogP contribution in [0.5, 0.6) is 0 Å². The van der Waals surface area contributed by atoms with Crippen LogP contribution in [-0.4, -0.2) is 27.4 Å². The van der Waals surface area contributed by atoms with Crippen molar-refractivity contribution in [2.24, 2.45) is 0 Å². The number of aliphatic hydroxyl groups is 2. The average Bonchev–Trinajstić information content (AvgIpc) is 2.63. The van der Waals surface area contributed by atoms with Crippen LogP contribution in [-0.2, 0) is 4.79 Å². The summed E-state index contributed by atoms with van der Waals surface area (Å²) in [7, 11) is 0. The third-order valence-electron chi connectivity index (χ3n) is 1.62. The maximum Gasteiger partial charge on any atom is 0.335 e. The number of carboxylic acids is 1. The normalized spacial score (nSPS) is 14.4. The summed E-state index contributed by atoms with van der Waals surface area (Å²) in [4.78, 5) is 10.7. The molecule has 0 aliphatic carbocycles. The van der Waals surface area contributed by atoms with E-state index in [1.54, 1.807) is 0 Å². The minimum atomic E-state index is -1.86. The summed E-state index contributed by atoms with van der Waals surface area (Å²) in [6, 6.07) is 3.20. The van der Waals surface area contributed by atoms with Crippen molar-refractivity contribution in [3.05, 3.63) is 21.9 Å². The summed E-state index contributed by atoms with van der Waals surface area (Å²) in [5, 5.41) is 36.7. The minimum Gasteiger partial charge on any atom is -0.479 e. The van der Waals surface area contributed by atoms with Crippen molar-refractivity contribution >= 4 is 17.3 Å². The molecular weight excluding hydrogens is 206 g/mol. The Kier molecular flexibility index (Phi) is 3.19. The number of carbonyl (C=O) groups is 1. The van der Waals surface area contributed by atoms with E-state index >= 15 is 0 Å². The average molecular weight is 213 g/mol. The quantitative estimate of drug-likeness (QED) is 0.660. The maximum atomic E-state index is 10.3. The van der Waals surface area contributed by atoms with Gasteiger partial charge in [0.2, 0.25) is 0 Å². The Morgan fingerprint density at radius 3 is 2.64 bits per heavy atom. The first kappa shape index (κ1) is 10.7. The van der Waals surface area contributed by atoms with Gasteiger partial charge in [0.15, 0.2) is 6.10 Å². The third-order valence-corrected chi connectivity index (χ3v) is 2.48. The van der Waals surface area contributed by atoms with Gasteiger partial charge in [-0.1, -0.05) is 0 Å². The van der Waals surface area contributed by atoms with Gasteiger partial charge in [-0.05, 0) is 17.0 Å². The van der Waals surface area contributed by atoms with Gasteiger partial charge in [-0.3, -0.25) is 0 Å². The van der Waals surface area contributed by atoms with Gasteiger partial charge < -0.3 is 15.3 Å². The van der Waals surface area contributed by atoms with Crippen LogP contribution >= 0.6 is 11.3 Å². The molecular formula is C8H7NO4S. The Labute approximate surface area is 83.5 Å². The third kappa shape index (κ3) is 2.09. The highest BCUT2D eigenvalue weighted by Crippen LogP contribution is 2.22. The van der Waals surface area contributed by atoms with Crippen LogP contribution in [0.25, 0.3) is 0 Å². The van der Waals surface area contributed by atoms with Crippen LogP contribution in [0.15, 0.2) is 11.4 Å². The lowest BCUT2D eigenvalue weighted by Gasteiger charge is -2.11. The molecule has 1 aromatic rings. The number of hydrogen-bond donors (Lipinski definition) is 3. The molecule has 0 spiro atoms. The van der Waals surface area contributed by atoms with Crippen LogP contribution in [0.3, 0.4) is 0 Å². The monoisotopic (exact) mass is 213 g/mol. The summed E-state index contributed by atoms with van der Waals surface area (Å²) in [5.41, 5.74) is 0.237. The van der Waals surface area contributed by atoms with E-state index in [0.717, 1.165) is 11.3 Å². The molecule has 2 atom stereocenters. The van der Waals surface area contributed by atoms with E-state index in [-0.39, 0.29) is 5.56 Å². The summed E-state index contributed by atoms with van der Waals surface area (Å²) < 4.78 is 0. The molecule has 6 heteroatoms. The second kappa shape index (κ2) is 4.19. The Morgan fingerprint density at radius 1 is 1.57 bits per heavy atom. The van der Waals surface area contributed by atoms with Gasteiger partial charge in [-0.25, -0.2) is 4.79 Å². The van der Waals surface area contributed by atoms with Crippen molar-refractivity contribution in [1.29, 1.82) is 5.26 Å². The largest absolute Gasteiger partial charge is 0.479 e. The molecule has 0 aliphatic heterocycles. The standard InChI is InChI=1S/C8H7NO4S/c9-2-5-1-4(3-14-5)6(10)7(11)8(12)13/h1,3,6-7,10-11H,(H,12,13). The molecule has 0 radical (unpaired) electrons. The van der Waals surface area contributed by atoms with Gasteiger partial charge in [-0.2, -0.15) is 5.26 Å². The number of nitriles is 1. The second-order valence-electron chi connectivity index (χ2n) is 2.58. The zero-order chi connectivity index (χ0) is 10.7. The number of nitrogens with zero attached hydrogens (tertiary/aromatic N) is 1. The molecule has 1 aromatic heterocycles. The molecule has 0 amide bonds. The molecule has 14 heavy (non-hydrogen) atoms. The summed E-state index contributed by atoms with van der Waals surface area (Å²) in [6.45, 7) is 0. The van der Waals surface area contributed by atoms with Crippen molar-refractivity contribution in [3.63, 3.8) is 0 Å². The highest BCUT2D eigenvalue weighted by molar-refractivity contribution is 7.10. The number of aliphatic carboxylic acids is 1. The van der Waals surface area contributed by atoms with E-state index < -0.39 is 18.2 Å². The first-order valence-corrected chi connectivity index (χ1v) is 4.51. The SMILES string of the molecule is N#Cc1cc(C(O)C(O)C(=O)O)cs1. The molecule has 0 saturated carbocycles. The lowest BCUT2D eigenvalue weighted by Crippen LogP contribution is -2.27. The van der Waals surface area contributed by atoms with Crippen molar-refractivity contribution < 1.29 is 20.1 Å². The van der Waals surface area contributed by atoms with Gasteiger partial charge in [0.05, 0.1) is 0 Å². The fourth-order valence-corrected chi connectivity index (χ4v) is 1.61. The lowest BCUT2D eigenvalue weighted by molar-refractivity contribution is -0.153. The molecule has 3 N–H and O–H groups in total. The highest BCUT2D eigenvalue weighted by atomic mass is 32.1. The molecule has 0 aliphatic rings. The van der Waals surface area contributed by atoms with E-state index in [9.17, 15) is 9.90 Å². The second-order valence-corrected chi connectivity index (χ2v) is 3.50. The zero-order valence-corrected chi connectivity index (χ0v) is 7.73. The highest BCUT2D eigenvalue weighted by Gasteiger charge is 2.25. The Balaban J connectivity index is 2.84. The van der Waals surface area contributed by atoms with E-state index in [1.165, 1.54) is 11.4 Å². The van der Waals surface area contributed by atoms with Gasteiger partial charge in [0, 0.05) is 0 Å². The van der Waals surface area contributed by atoms with Crippen LogP contribution in [0.4, 0.5) is 0 Å². The topological polar surface area (TPSA) is 102 Å². The molecule has 0 aromatic carbocycles. The molecule has 1 heterocycles. The fraction of sp³-hybridized carbons (Fsp3) is 0.250. The maximum absolute atomic E-state index is 10.3. The van der Waals surface area contributed by atoms with Gasteiger partial charge in [0.1, 0.15) is 17.1 Å². The fourth-order valence-electron chi connectivity index (χ4n) is 0.882. The lowest BCUT2D eigenvalue weighted by atomic mass is 10.1. The number of carboxylic acid groups (broad SMARTS) is 1. The van der Waals surface area contributed by atoms with Crippen molar-refractivity contribution in [2.45, 2.75) is 12.2 Å². The molecule has 74 valence electrons. The van der Waals surface area contributed by atoms with E-state index in [1.807, 2.05) is 6.07 Å². The van der Waals surface area contributed by atoms with Gasteiger partial charge in [-0.15, -0.1) is 11.3 Å². The predicted molar refractivity (Wildman–Crippen MR) is 47.6 cm³/mol. The van der Waals surface area contributed by atoms with Crippen molar-refractivity contribution in [3.8, 4) is 6.07 Å². The summed E-state index contributed by atoms with van der Waals surface area (Å²) in [6.07, 6.45) is -3.36.